The van der Waals surface area contributed by atoms with Gasteiger partial charge < -0.3 is 5.32 Å². The number of halogens is 3. The van der Waals surface area contributed by atoms with E-state index in [0.717, 1.165) is 18.2 Å². The number of carbonyl (C=O) groups excluding carboxylic acids is 2. The SMILES string of the molecule is CC(=O)Nc1ccc(NS(=O)(=O)C(=O)c2ccccc2C(F)(F)F)cc1. The fourth-order valence-electron chi connectivity index (χ4n) is 2.08. The smallest absolute Gasteiger partial charge is 0.326 e. The maximum absolute atomic E-state index is 13.0. The molecule has 10 heteroatoms. The van der Waals surface area contributed by atoms with Crippen LogP contribution in [-0.4, -0.2) is 19.4 Å². The molecule has 0 saturated carbocycles. The number of anilines is 2. The van der Waals surface area contributed by atoms with Crippen LogP contribution in [0.4, 0.5) is 24.5 Å². The molecule has 138 valence electrons. The van der Waals surface area contributed by atoms with Gasteiger partial charge in [-0.25, -0.2) is 0 Å². The molecule has 0 aliphatic heterocycles. The van der Waals surface area contributed by atoms with Crippen molar-refractivity contribution in [3.8, 4) is 0 Å². The van der Waals surface area contributed by atoms with Gasteiger partial charge in [0.05, 0.1) is 5.56 Å². The Kier molecular flexibility index (Phi) is 5.36. The van der Waals surface area contributed by atoms with E-state index in [1.165, 1.54) is 31.2 Å². The molecule has 6 nitrogen and oxygen atoms in total. The minimum Gasteiger partial charge on any atom is -0.326 e. The number of amides is 1. The van der Waals surface area contributed by atoms with Gasteiger partial charge >= 0.3 is 16.2 Å². The molecule has 2 aromatic carbocycles. The first-order chi connectivity index (χ1) is 12.0. The summed E-state index contributed by atoms with van der Waals surface area (Å²) in [6.45, 7) is 1.29. The molecule has 0 aliphatic rings. The van der Waals surface area contributed by atoms with Gasteiger partial charge in [-0.2, -0.15) is 21.6 Å². The van der Waals surface area contributed by atoms with Crippen molar-refractivity contribution in [1.82, 2.24) is 0 Å². The summed E-state index contributed by atoms with van der Waals surface area (Å²) in [4.78, 5) is 23.1. The number of rotatable bonds is 4. The van der Waals surface area contributed by atoms with Crippen LogP contribution in [0.5, 0.6) is 0 Å². The van der Waals surface area contributed by atoms with Crippen molar-refractivity contribution in [3.05, 3.63) is 59.7 Å². The van der Waals surface area contributed by atoms with E-state index in [2.05, 4.69) is 5.32 Å². The first-order valence-corrected chi connectivity index (χ1v) is 8.60. The summed E-state index contributed by atoms with van der Waals surface area (Å²) in [5, 5.41) is 0.762. The van der Waals surface area contributed by atoms with E-state index >= 15 is 0 Å². The minimum atomic E-state index is -4.87. The van der Waals surface area contributed by atoms with Gasteiger partial charge in [-0.3, -0.25) is 14.3 Å². The molecule has 0 bridgehead atoms. The average Bonchev–Trinajstić information content (AvgIpc) is 2.54. The zero-order valence-electron chi connectivity index (χ0n) is 13.3. The Hall–Kier alpha value is -2.88. The lowest BCUT2D eigenvalue weighted by atomic mass is 10.1. The van der Waals surface area contributed by atoms with Crippen molar-refractivity contribution in [3.63, 3.8) is 0 Å². The second-order valence-electron chi connectivity index (χ2n) is 5.19. The molecule has 1 amide bonds. The van der Waals surface area contributed by atoms with Crippen molar-refractivity contribution in [1.29, 1.82) is 0 Å². The Bertz CT molecular complexity index is 939. The van der Waals surface area contributed by atoms with Crippen LogP contribution in [0.25, 0.3) is 0 Å². The third-order valence-electron chi connectivity index (χ3n) is 3.15. The van der Waals surface area contributed by atoms with Gasteiger partial charge in [0, 0.05) is 23.9 Å². The number of hydrogen-bond acceptors (Lipinski definition) is 4. The van der Waals surface area contributed by atoms with Crippen LogP contribution in [0.3, 0.4) is 0 Å². The largest absolute Gasteiger partial charge is 0.417 e. The fourth-order valence-corrected chi connectivity index (χ4v) is 3.09. The third kappa shape index (κ3) is 4.60. The van der Waals surface area contributed by atoms with Crippen LogP contribution in [0, 0.1) is 0 Å². The molecule has 0 atom stereocenters. The van der Waals surface area contributed by atoms with Gasteiger partial charge in [0.25, 0.3) is 5.12 Å². The van der Waals surface area contributed by atoms with Crippen molar-refractivity contribution < 1.29 is 31.2 Å². The summed E-state index contributed by atoms with van der Waals surface area (Å²) in [6.07, 6.45) is -4.87. The number of nitrogens with one attached hydrogen (secondary N) is 2. The first-order valence-electron chi connectivity index (χ1n) is 7.12. The molecule has 0 saturated heterocycles. The Morgan fingerprint density at radius 3 is 2.00 bits per heavy atom. The van der Waals surface area contributed by atoms with Gasteiger partial charge in [0.15, 0.2) is 0 Å². The summed E-state index contributed by atoms with van der Waals surface area (Å²) >= 11 is 0. The quantitative estimate of drug-likeness (QED) is 0.844. The lowest BCUT2D eigenvalue weighted by Gasteiger charge is -2.13. The van der Waals surface area contributed by atoms with Crippen LogP contribution < -0.4 is 10.0 Å². The second-order valence-corrected chi connectivity index (χ2v) is 6.78. The number of carbonyl (C=O) groups is 2. The Morgan fingerprint density at radius 1 is 0.923 bits per heavy atom. The molecule has 0 heterocycles. The third-order valence-corrected chi connectivity index (χ3v) is 4.37. The molecule has 0 spiro atoms. The van der Waals surface area contributed by atoms with Crippen LogP contribution in [0.1, 0.15) is 22.8 Å². The number of sulfonamides is 1. The highest BCUT2D eigenvalue weighted by Crippen LogP contribution is 2.32. The molecule has 2 rings (SSSR count). The zero-order valence-corrected chi connectivity index (χ0v) is 14.1. The molecule has 2 aromatic rings. The predicted octanol–water partition coefficient (Wildman–Crippen LogP) is 3.25. The normalized spacial score (nSPS) is 11.7. The van der Waals surface area contributed by atoms with E-state index in [-0.39, 0.29) is 11.6 Å². The molecule has 26 heavy (non-hydrogen) atoms. The monoisotopic (exact) mass is 386 g/mol. The van der Waals surface area contributed by atoms with Gasteiger partial charge in [-0.1, -0.05) is 12.1 Å². The number of benzene rings is 2. The molecular formula is C16H13F3N2O4S. The minimum absolute atomic E-state index is 0.0445. The van der Waals surface area contributed by atoms with E-state index < -0.39 is 32.4 Å². The van der Waals surface area contributed by atoms with Crippen molar-refractivity contribution in [2.24, 2.45) is 0 Å². The summed E-state index contributed by atoms with van der Waals surface area (Å²) in [6, 6.07) is 8.87. The zero-order chi connectivity index (χ0) is 19.5. The average molecular weight is 386 g/mol. The van der Waals surface area contributed by atoms with Crippen LogP contribution >= 0.6 is 0 Å². The fraction of sp³-hybridized carbons (Fsp3) is 0.125. The number of hydrogen-bond donors (Lipinski definition) is 2. The summed E-state index contributed by atoms with van der Waals surface area (Å²) < 4.78 is 65.1. The summed E-state index contributed by atoms with van der Waals surface area (Å²) in [5.41, 5.74) is -1.97. The highest BCUT2D eigenvalue weighted by atomic mass is 32.2. The standard InChI is InChI=1S/C16H13F3N2O4S/c1-10(22)20-11-6-8-12(9-7-11)21-26(24,25)15(23)13-4-2-3-5-14(13)16(17,18)19/h2-9,21H,1H3,(H,20,22). The molecule has 0 radical (unpaired) electrons. The highest BCUT2D eigenvalue weighted by molar-refractivity contribution is 8.07. The summed E-state index contributed by atoms with van der Waals surface area (Å²) in [5.74, 6) is -0.336. The van der Waals surface area contributed by atoms with Crippen molar-refractivity contribution in [2.75, 3.05) is 10.0 Å². The lowest BCUT2D eigenvalue weighted by Crippen LogP contribution is -2.25. The van der Waals surface area contributed by atoms with E-state index in [1.54, 1.807) is 0 Å². The maximum atomic E-state index is 13.0. The van der Waals surface area contributed by atoms with E-state index in [0.29, 0.717) is 11.8 Å². The van der Waals surface area contributed by atoms with E-state index in [9.17, 15) is 31.2 Å². The molecule has 0 fully saturated rings. The van der Waals surface area contributed by atoms with Crippen molar-refractivity contribution in [2.45, 2.75) is 13.1 Å². The van der Waals surface area contributed by atoms with E-state index in [4.69, 9.17) is 0 Å². The predicted molar refractivity (Wildman–Crippen MR) is 89.1 cm³/mol. The number of alkyl halides is 3. The maximum Gasteiger partial charge on any atom is 0.417 e. The van der Waals surface area contributed by atoms with Gasteiger partial charge in [0.1, 0.15) is 0 Å². The molecule has 0 unspecified atom stereocenters. The lowest BCUT2D eigenvalue weighted by molar-refractivity contribution is -0.137. The van der Waals surface area contributed by atoms with Gasteiger partial charge in [0.2, 0.25) is 5.91 Å². The molecule has 0 aromatic heterocycles. The van der Waals surface area contributed by atoms with Gasteiger partial charge in [-0.15, -0.1) is 0 Å². The highest BCUT2D eigenvalue weighted by Gasteiger charge is 2.38. The first kappa shape index (κ1) is 19.4. The van der Waals surface area contributed by atoms with Crippen LogP contribution in [0.15, 0.2) is 48.5 Å². The molecule has 2 N–H and O–H groups in total. The Morgan fingerprint density at radius 2 is 1.46 bits per heavy atom. The molecule has 0 aliphatic carbocycles. The summed E-state index contributed by atoms with van der Waals surface area (Å²) in [7, 11) is -4.76. The Labute approximate surface area is 147 Å². The second kappa shape index (κ2) is 7.16. The molecular weight excluding hydrogens is 373 g/mol. The van der Waals surface area contributed by atoms with E-state index in [1.807, 2.05) is 4.72 Å². The van der Waals surface area contributed by atoms with Crippen LogP contribution in [0.2, 0.25) is 0 Å². The van der Waals surface area contributed by atoms with Crippen molar-refractivity contribution >= 4 is 32.4 Å². The van der Waals surface area contributed by atoms with Crippen LogP contribution in [-0.2, 0) is 21.0 Å². The topological polar surface area (TPSA) is 92.3 Å². The Balaban J connectivity index is 2.28. The van der Waals surface area contributed by atoms with Gasteiger partial charge in [-0.05, 0) is 36.4 Å².